The summed E-state index contributed by atoms with van der Waals surface area (Å²) in [6.45, 7) is 8.42. The number of hydrogen-bond acceptors (Lipinski definition) is 4. The lowest BCUT2D eigenvalue weighted by Crippen LogP contribution is -2.53. The molecule has 1 aliphatic heterocycles. The van der Waals surface area contributed by atoms with Crippen molar-refractivity contribution in [2.45, 2.75) is 57.7 Å². The maximum Gasteiger partial charge on any atom is 0.335 e. The molecule has 0 radical (unpaired) electrons. The zero-order valence-electron chi connectivity index (χ0n) is 15.3. The summed E-state index contributed by atoms with van der Waals surface area (Å²) in [7, 11) is 0. The number of amides is 1. The predicted octanol–water partition coefficient (Wildman–Crippen LogP) is 2.19. The first-order chi connectivity index (χ1) is 11.5. The number of aliphatic hydroxyl groups is 1. The number of ether oxygens (including phenoxy) is 1. The zero-order chi connectivity index (χ0) is 18.8. The van der Waals surface area contributed by atoms with Crippen LogP contribution in [0.2, 0.25) is 0 Å². The van der Waals surface area contributed by atoms with Gasteiger partial charge in [0, 0.05) is 25.9 Å². The summed E-state index contributed by atoms with van der Waals surface area (Å²) in [5.74, 6) is -0.802. The molecule has 1 aliphatic rings. The van der Waals surface area contributed by atoms with Gasteiger partial charge in [0.15, 0.2) is 11.7 Å². The van der Waals surface area contributed by atoms with Gasteiger partial charge < -0.3 is 19.8 Å². The number of nitrogens with zero attached hydrogens (tertiary/aromatic N) is 1. The lowest BCUT2D eigenvalue weighted by molar-refractivity contribution is -0.166. The van der Waals surface area contributed by atoms with Crippen LogP contribution in [-0.4, -0.2) is 51.8 Å². The van der Waals surface area contributed by atoms with Gasteiger partial charge in [0.1, 0.15) is 5.75 Å². The Morgan fingerprint density at radius 1 is 1.24 bits per heavy atom. The van der Waals surface area contributed by atoms with Crippen LogP contribution in [0.15, 0.2) is 24.3 Å². The zero-order valence-corrected chi connectivity index (χ0v) is 15.3. The van der Waals surface area contributed by atoms with E-state index in [0.29, 0.717) is 5.75 Å². The number of carboxylic acids is 1. The molecule has 1 aromatic rings. The van der Waals surface area contributed by atoms with Crippen LogP contribution in [0.4, 0.5) is 0 Å². The van der Waals surface area contributed by atoms with Gasteiger partial charge in [-0.3, -0.25) is 4.79 Å². The maximum atomic E-state index is 12.5. The summed E-state index contributed by atoms with van der Waals surface area (Å²) in [6.07, 6.45) is -0.619. The third kappa shape index (κ3) is 4.51. The predicted molar refractivity (Wildman–Crippen MR) is 93.6 cm³/mol. The molecule has 2 rings (SSSR count). The van der Waals surface area contributed by atoms with Crippen molar-refractivity contribution in [1.29, 1.82) is 0 Å². The second-order valence-electron chi connectivity index (χ2n) is 7.70. The van der Waals surface area contributed by atoms with Gasteiger partial charge in [0.05, 0.1) is 0 Å². The van der Waals surface area contributed by atoms with Crippen molar-refractivity contribution in [2.24, 2.45) is 0 Å². The number of carbonyl (C=O) groups excluding carboxylic acids is 1. The van der Waals surface area contributed by atoms with Crippen LogP contribution in [0.25, 0.3) is 0 Å². The van der Waals surface area contributed by atoms with Crippen molar-refractivity contribution in [3.63, 3.8) is 0 Å². The Morgan fingerprint density at radius 2 is 1.84 bits per heavy atom. The van der Waals surface area contributed by atoms with Crippen molar-refractivity contribution in [3.8, 4) is 5.75 Å². The molecule has 1 amide bonds. The van der Waals surface area contributed by atoms with E-state index in [1.54, 1.807) is 11.8 Å². The molecular formula is C19H27NO5. The number of piperidine rings is 1. The number of hydrogen-bond donors (Lipinski definition) is 2. The molecule has 1 aromatic carbocycles. The number of likely N-dealkylation sites (tertiary alicyclic amines) is 1. The normalized spacial score (nSPS) is 18.5. The Bertz CT molecular complexity index is 641. The van der Waals surface area contributed by atoms with Crippen LogP contribution < -0.4 is 4.74 Å². The highest BCUT2D eigenvalue weighted by molar-refractivity contribution is 5.82. The summed E-state index contributed by atoms with van der Waals surface area (Å²) >= 11 is 0. The quantitative estimate of drug-likeness (QED) is 0.870. The minimum absolute atomic E-state index is 0.0131. The van der Waals surface area contributed by atoms with Gasteiger partial charge in [-0.25, -0.2) is 4.79 Å². The smallest absolute Gasteiger partial charge is 0.335 e. The minimum atomic E-state index is -1.73. The third-order valence-electron chi connectivity index (χ3n) is 4.66. The van der Waals surface area contributed by atoms with Crippen LogP contribution in [0.5, 0.6) is 5.75 Å². The fraction of sp³-hybridized carbons (Fsp3) is 0.579. The largest absolute Gasteiger partial charge is 0.481 e. The molecule has 1 atom stereocenters. The molecule has 6 nitrogen and oxygen atoms in total. The van der Waals surface area contributed by atoms with E-state index in [2.05, 4.69) is 20.8 Å². The summed E-state index contributed by atoms with van der Waals surface area (Å²) in [5.41, 5.74) is -0.628. The van der Waals surface area contributed by atoms with Gasteiger partial charge in [0.25, 0.3) is 5.91 Å². The molecule has 0 bridgehead atoms. The van der Waals surface area contributed by atoms with E-state index in [1.165, 1.54) is 0 Å². The molecule has 25 heavy (non-hydrogen) atoms. The van der Waals surface area contributed by atoms with E-state index in [-0.39, 0.29) is 37.3 Å². The van der Waals surface area contributed by atoms with Crippen molar-refractivity contribution in [3.05, 3.63) is 29.8 Å². The van der Waals surface area contributed by atoms with Crippen molar-refractivity contribution in [1.82, 2.24) is 4.90 Å². The first-order valence-corrected chi connectivity index (χ1v) is 8.55. The van der Waals surface area contributed by atoms with Gasteiger partial charge in [-0.05, 0) is 30.0 Å². The fourth-order valence-electron chi connectivity index (χ4n) is 2.86. The Labute approximate surface area is 148 Å². The monoisotopic (exact) mass is 349 g/mol. The highest BCUT2D eigenvalue weighted by Gasteiger charge is 2.41. The Kier molecular flexibility index (Phi) is 5.42. The number of carboxylic acid groups (broad SMARTS) is 1. The Morgan fingerprint density at radius 3 is 2.36 bits per heavy atom. The van der Waals surface area contributed by atoms with Crippen LogP contribution in [0.3, 0.4) is 0 Å². The average Bonchev–Trinajstić information content (AvgIpc) is 2.54. The second-order valence-corrected chi connectivity index (χ2v) is 7.70. The number of benzene rings is 1. The molecule has 6 heteroatoms. The van der Waals surface area contributed by atoms with Gasteiger partial charge in [0.2, 0.25) is 0 Å². The number of aliphatic carboxylic acids is 1. The average molecular weight is 349 g/mol. The van der Waals surface area contributed by atoms with Gasteiger partial charge in [-0.1, -0.05) is 32.9 Å². The second kappa shape index (κ2) is 7.04. The number of carbonyl (C=O) groups is 2. The lowest BCUT2D eigenvalue weighted by Gasteiger charge is -2.36. The standard InChI is InChI=1S/C19H27NO5/c1-13(25-15-7-5-6-14(12-15)18(2,3)4)16(21)20-10-8-19(24,9-11-20)17(22)23/h5-7,12-13,24H,8-11H2,1-4H3,(H,22,23). The van der Waals surface area contributed by atoms with E-state index in [9.17, 15) is 14.7 Å². The molecule has 0 spiro atoms. The molecule has 0 aromatic heterocycles. The molecule has 1 unspecified atom stereocenters. The Balaban J connectivity index is 1.99. The van der Waals surface area contributed by atoms with Crippen molar-refractivity contribution in [2.75, 3.05) is 13.1 Å². The number of rotatable bonds is 4. The van der Waals surface area contributed by atoms with Crippen LogP contribution in [-0.2, 0) is 15.0 Å². The van der Waals surface area contributed by atoms with Gasteiger partial charge in [-0.2, -0.15) is 0 Å². The summed E-state index contributed by atoms with van der Waals surface area (Å²) in [4.78, 5) is 25.2. The SMILES string of the molecule is CC(Oc1cccc(C(C)(C)C)c1)C(=O)N1CCC(O)(C(=O)O)CC1. The molecule has 2 N–H and O–H groups in total. The van der Waals surface area contributed by atoms with Crippen LogP contribution in [0.1, 0.15) is 46.1 Å². The molecule has 0 aliphatic carbocycles. The molecule has 1 saturated heterocycles. The highest BCUT2D eigenvalue weighted by Crippen LogP contribution is 2.27. The maximum absolute atomic E-state index is 12.5. The highest BCUT2D eigenvalue weighted by atomic mass is 16.5. The third-order valence-corrected chi connectivity index (χ3v) is 4.66. The Hall–Kier alpha value is -2.08. The molecule has 1 fully saturated rings. The molecule has 0 saturated carbocycles. The fourth-order valence-corrected chi connectivity index (χ4v) is 2.86. The van der Waals surface area contributed by atoms with Crippen molar-refractivity contribution < 1.29 is 24.5 Å². The first kappa shape index (κ1) is 19.2. The van der Waals surface area contributed by atoms with Crippen LogP contribution >= 0.6 is 0 Å². The van der Waals surface area contributed by atoms with Gasteiger partial charge >= 0.3 is 5.97 Å². The lowest BCUT2D eigenvalue weighted by atomic mass is 9.87. The topological polar surface area (TPSA) is 87.1 Å². The summed E-state index contributed by atoms with van der Waals surface area (Å²) in [6, 6.07) is 7.68. The molecular weight excluding hydrogens is 322 g/mol. The first-order valence-electron chi connectivity index (χ1n) is 8.55. The van der Waals surface area contributed by atoms with E-state index >= 15 is 0 Å². The minimum Gasteiger partial charge on any atom is -0.481 e. The molecule has 1 heterocycles. The van der Waals surface area contributed by atoms with E-state index in [0.717, 1.165) is 5.56 Å². The van der Waals surface area contributed by atoms with E-state index < -0.39 is 17.7 Å². The van der Waals surface area contributed by atoms with Gasteiger partial charge in [-0.15, -0.1) is 0 Å². The van der Waals surface area contributed by atoms with Crippen molar-refractivity contribution >= 4 is 11.9 Å². The molecule has 138 valence electrons. The summed E-state index contributed by atoms with van der Waals surface area (Å²) in [5, 5.41) is 19.0. The van der Waals surface area contributed by atoms with E-state index in [1.807, 2.05) is 24.3 Å². The van der Waals surface area contributed by atoms with E-state index in [4.69, 9.17) is 9.84 Å². The summed E-state index contributed by atoms with van der Waals surface area (Å²) < 4.78 is 5.79. The van der Waals surface area contributed by atoms with Crippen LogP contribution in [0, 0.1) is 0 Å².